The van der Waals surface area contributed by atoms with Crippen LogP contribution in [-0.2, 0) is 19.1 Å². The maximum atomic E-state index is 14.2. The number of carbonyl (C=O) groups is 4. The van der Waals surface area contributed by atoms with E-state index in [4.69, 9.17) is 4.74 Å². The normalized spacial score (nSPS) is 19.9. The second-order valence-corrected chi connectivity index (χ2v) is 22.6. The molecule has 14 heteroatoms. The summed E-state index contributed by atoms with van der Waals surface area (Å²) in [5, 5.41) is 16.7. The number of benzene rings is 1. The quantitative estimate of drug-likeness (QED) is 0.186. The van der Waals surface area contributed by atoms with Crippen LogP contribution < -0.4 is 15.5 Å². The topological polar surface area (TPSA) is 164 Å². The SMILES string of the molecule is CCOC(=O)C1CCN(c2cnc(C(=O)N[C@H]([C](=O)[Sn]3[CH2][C@H](O)C[C@H]3C(=O)N[C@@H](C)c3ccc(-c4scnc4C)cc3)C(C)(C)C)nc2)CC1. The number of anilines is 1. The van der Waals surface area contributed by atoms with Crippen LogP contribution in [0.1, 0.15) is 81.8 Å². The van der Waals surface area contributed by atoms with E-state index in [9.17, 15) is 24.3 Å². The molecule has 0 spiro atoms. The first-order chi connectivity index (χ1) is 23.8. The van der Waals surface area contributed by atoms with E-state index in [2.05, 4.69) is 30.5 Å². The Morgan fingerprint density at radius 2 is 1.72 bits per heavy atom. The van der Waals surface area contributed by atoms with Crippen molar-refractivity contribution in [3.8, 4) is 10.4 Å². The van der Waals surface area contributed by atoms with E-state index >= 15 is 0 Å². The third-order valence-electron chi connectivity index (χ3n) is 9.52. The van der Waals surface area contributed by atoms with Crippen LogP contribution in [0.2, 0.25) is 8.37 Å². The number of ether oxygens (including phenoxy) is 1. The molecule has 12 nitrogen and oxygen atoms in total. The standard InChI is InChI=1S/C19H27N4O4.C17H20N2O2S.Sn/c1-5-27-18(26)13-6-8-23(9-7-13)14-10-20-16(21-11-14)17(25)22-15(12-24)19(2,3)4;1-11(20)4-9-16(21)19-12(2)14-5-7-15(8-6-14)17-13(3)18-10-22-17;/h10-11,13,15H,5-9H2,1-4H3,(H,22,25);5-12,20H,1,4H2,2-3H3,(H,19,21);/t15-;11-,12-;/m10./s1. The summed E-state index contributed by atoms with van der Waals surface area (Å²) in [5.41, 5.74) is 4.90. The van der Waals surface area contributed by atoms with Crippen LogP contribution in [0.5, 0.6) is 0 Å². The molecule has 1 aromatic carbocycles. The first kappa shape index (κ1) is 37.8. The predicted molar refractivity (Wildman–Crippen MR) is 193 cm³/mol. The van der Waals surface area contributed by atoms with E-state index < -0.39 is 47.2 Å². The van der Waals surface area contributed by atoms with Gasteiger partial charge in [0.1, 0.15) is 0 Å². The summed E-state index contributed by atoms with van der Waals surface area (Å²) < 4.78 is 4.83. The number of piperidine rings is 1. The Labute approximate surface area is 304 Å². The molecule has 50 heavy (non-hydrogen) atoms. The van der Waals surface area contributed by atoms with Gasteiger partial charge in [0.15, 0.2) is 0 Å². The molecule has 267 valence electrons. The van der Waals surface area contributed by atoms with Gasteiger partial charge in [-0.1, -0.05) is 0 Å². The Bertz CT molecular complexity index is 1670. The molecule has 2 aliphatic rings. The van der Waals surface area contributed by atoms with Crippen molar-refractivity contribution in [2.24, 2.45) is 11.3 Å². The number of aliphatic hydroxyl groups is 1. The molecule has 4 heterocycles. The molecule has 2 aliphatic heterocycles. The molecule has 2 fully saturated rings. The van der Waals surface area contributed by atoms with Crippen LogP contribution >= 0.6 is 11.3 Å². The van der Waals surface area contributed by atoms with Crippen LogP contribution in [0.3, 0.4) is 0 Å². The molecule has 1 radical (unpaired) electrons. The molecule has 3 N–H and O–H groups in total. The number of esters is 1. The summed E-state index contributed by atoms with van der Waals surface area (Å²) in [4.78, 5) is 69.6. The molecule has 5 rings (SSSR count). The van der Waals surface area contributed by atoms with E-state index in [0.717, 1.165) is 27.4 Å². The third kappa shape index (κ3) is 8.89. The van der Waals surface area contributed by atoms with Gasteiger partial charge in [0.05, 0.1) is 6.61 Å². The molecule has 0 bridgehead atoms. The fourth-order valence-corrected chi connectivity index (χ4v) is 17.0. The molecule has 0 saturated carbocycles. The number of aryl methyl sites for hydroxylation is 1. The van der Waals surface area contributed by atoms with Gasteiger partial charge < -0.3 is 4.74 Å². The molecule has 0 aliphatic carbocycles. The van der Waals surface area contributed by atoms with Gasteiger partial charge in [0.2, 0.25) is 0 Å². The van der Waals surface area contributed by atoms with Crippen LogP contribution in [0.15, 0.2) is 42.2 Å². The average Bonchev–Trinajstić information content (AvgIpc) is 3.71. The molecular weight excluding hydrogens is 763 g/mol. The van der Waals surface area contributed by atoms with Crippen molar-refractivity contribution in [1.29, 1.82) is 0 Å². The van der Waals surface area contributed by atoms with Crippen LogP contribution in [-0.4, -0.2) is 93.2 Å². The Kier molecular flexibility index (Phi) is 12.3. The van der Waals surface area contributed by atoms with Gasteiger partial charge in [0, 0.05) is 0 Å². The molecular formula is C36H47N6O6SSn. The van der Waals surface area contributed by atoms with Crippen molar-refractivity contribution < 1.29 is 29.0 Å². The second-order valence-electron chi connectivity index (χ2n) is 14.2. The Balaban J connectivity index is 1.22. The van der Waals surface area contributed by atoms with Gasteiger partial charge in [-0.15, -0.1) is 0 Å². The zero-order valence-corrected chi connectivity index (χ0v) is 33.2. The monoisotopic (exact) mass is 811 g/mol. The van der Waals surface area contributed by atoms with Crippen molar-refractivity contribution in [2.45, 2.75) is 87.4 Å². The number of carbonyl (C=O) groups excluding carboxylic acids is 4. The molecule has 2 amide bonds. The van der Waals surface area contributed by atoms with E-state index in [1.165, 1.54) is 0 Å². The van der Waals surface area contributed by atoms with Gasteiger partial charge in [0.25, 0.3) is 0 Å². The van der Waals surface area contributed by atoms with Crippen LogP contribution in [0.25, 0.3) is 10.4 Å². The number of nitrogens with one attached hydrogen (secondary N) is 2. The Hall–Kier alpha value is -3.43. The summed E-state index contributed by atoms with van der Waals surface area (Å²) in [6.07, 6.45) is 4.02. The number of hydrogen-bond acceptors (Lipinski definition) is 11. The average molecular weight is 811 g/mol. The number of hydrogen-bond donors (Lipinski definition) is 3. The number of rotatable bonds is 11. The number of nitrogens with zero attached hydrogens (tertiary/aromatic N) is 4. The van der Waals surface area contributed by atoms with Crippen molar-refractivity contribution in [3.05, 3.63) is 59.3 Å². The van der Waals surface area contributed by atoms with Gasteiger partial charge in [-0.05, 0) is 6.92 Å². The summed E-state index contributed by atoms with van der Waals surface area (Å²) in [5.74, 6) is -1.14. The van der Waals surface area contributed by atoms with E-state index in [1.807, 2.05) is 64.4 Å². The van der Waals surface area contributed by atoms with Crippen molar-refractivity contribution in [2.75, 3.05) is 24.6 Å². The van der Waals surface area contributed by atoms with E-state index in [1.54, 1.807) is 30.7 Å². The summed E-state index contributed by atoms with van der Waals surface area (Å²) >= 11 is -1.72. The number of aromatic nitrogens is 3. The fraction of sp³-hybridized carbons (Fsp3) is 0.528. The first-order valence-corrected chi connectivity index (χ1v) is 23.2. The molecule has 2 aromatic heterocycles. The summed E-state index contributed by atoms with van der Waals surface area (Å²) in [6.45, 7) is 13.0. The first-order valence-electron chi connectivity index (χ1n) is 17.2. The van der Waals surface area contributed by atoms with Crippen molar-refractivity contribution in [1.82, 2.24) is 25.6 Å². The number of thiazole rings is 1. The van der Waals surface area contributed by atoms with Crippen molar-refractivity contribution in [3.63, 3.8) is 0 Å². The predicted octanol–water partition coefficient (Wildman–Crippen LogP) is 4.45. The van der Waals surface area contributed by atoms with E-state index in [0.29, 0.717) is 37.0 Å². The zero-order valence-electron chi connectivity index (χ0n) is 29.6. The van der Waals surface area contributed by atoms with Crippen LogP contribution in [0, 0.1) is 18.3 Å². The summed E-state index contributed by atoms with van der Waals surface area (Å²) in [7, 11) is 0. The molecule has 0 unspecified atom stereocenters. The molecule has 4 atom stereocenters. The minimum atomic E-state index is -3.31. The molecule has 3 aromatic rings. The van der Waals surface area contributed by atoms with Gasteiger partial charge in [-0.2, -0.15) is 0 Å². The zero-order chi connectivity index (χ0) is 36.2. The Morgan fingerprint density at radius 3 is 2.30 bits per heavy atom. The summed E-state index contributed by atoms with van der Waals surface area (Å²) in [6, 6.07) is 6.86. The fourth-order valence-electron chi connectivity index (χ4n) is 6.62. The second kappa shape index (κ2) is 16.3. The van der Waals surface area contributed by atoms with E-state index in [-0.39, 0.29) is 39.9 Å². The van der Waals surface area contributed by atoms with Gasteiger partial charge in [-0.3, -0.25) is 4.79 Å². The van der Waals surface area contributed by atoms with Gasteiger partial charge in [-0.25, -0.2) is 0 Å². The number of amides is 2. The van der Waals surface area contributed by atoms with Crippen molar-refractivity contribution >= 4 is 58.4 Å². The molecule has 2 saturated heterocycles. The Morgan fingerprint density at radius 1 is 1.06 bits per heavy atom. The third-order valence-corrected chi connectivity index (χ3v) is 19.5. The van der Waals surface area contributed by atoms with Gasteiger partial charge >= 0.3 is 283 Å². The van der Waals surface area contributed by atoms with Crippen LogP contribution in [0.4, 0.5) is 5.69 Å². The maximum absolute atomic E-state index is 14.2. The number of aliphatic hydroxyl groups excluding tert-OH is 1. The minimum absolute atomic E-state index is 0.0584.